The number of nitrogens with two attached hydrogens (primary N) is 1. The zero-order valence-electron chi connectivity index (χ0n) is 12.0. The molecule has 1 heterocycles. The minimum atomic E-state index is 0.470. The second kappa shape index (κ2) is 5.65. The summed E-state index contributed by atoms with van der Waals surface area (Å²) in [7, 11) is 0. The van der Waals surface area contributed by atoms with Gasteiger partial charge in [-0.05, 0) is 37.3 Å². The van der Waals surface area contributed by atoms with Crippen molar-refractivity contribution in [2.75, 3.05) is 11.1 Å². The van der Waals surface area contributed by atoms with E-state index in [4.69, 9.17) is 5.73 Å². The van der Waals surface area contributed by atoms with Crippen molar-refractivity contribution in [2.45, 2.75) is 45.1 Å². The topological polar surface area (TPSA) is 63.8 Å². The summed E-state index contributed by atoms with van der Waals surface area (Å²) in [6.45, 7) is 2.34. The number of fused-ring (bicyclic) bond motifs is 1. The molecule has 0 radical (unpaired) electrons. The molecule has 2 unspecified atom stereocenters. The Morgan fingerprint density at radius 2 is 1.80 bits per heavy atom. The van der Waals surface area contributed by atoms with Crippen LogP contribution in [0.15, 0.2) is 24.3 Å². The minimum Gasteiger partial charge on any atom is -0.381 e. The van der Waals surface area contributed by atoms with Crippen LogP contribution in [0.25, 0.3) is 11.0 Å². The van der Waals surface area contributed by atoms with Crippen molar-refractivity contribution in [3.63, 3.8) is 0 Å². The molecule has 1 aromatic heterocycles. The summed E-state index contributed by atoms with van der Waals surface area (Å²) in [4.78, 5) is 9.05. The number of nitrogen functional groups attached to an aromatic ring is 1. The molecule has 0 saturated heterocycles. The van der Waals surface area contributed by atoms with Gasteiger partial charge in [0.15, 0.2) is 11.6 Å². The van der Waals surface area contributed by atoms with E-state index >= 15 is 0 Å². The molecular weight excluding hydrogens is 248 g/mol. The summed E-state index contributed by atoms with van der Waals surface area (Å²) >= 11 is 0. The van der Waals surface area contributed by atoms with Gasteiger partial charge in [0.05, 0.1) is 11.0 Å². The van der Waals surface area contributed by atoms with Gasteiger partial charge in [-0.15, -0.1) is 0 Å². The van der Waals surface area contributed by atoms with Gasteiger partial charge < -0.3 is 11.1 Å². The normalized spacial score (nSPS) is 23.4. The fraction of sp³-hybridized carbons (Fsp3) is 0.500. The van der Waals surface area contributed by atoms with Gasteiger partial charge in [0.25, 0.3) is 0 Å². The van der Waals surface area contributed by atoms with Crippen molar-refractivity contribution in [2.24, 2.45) is 5.92 Å². The van der Waals surface area contributed by atoms with E-state index in [1.807, 2.05) is 24.3 Å². The second-order valence-corrected chi connectivity index (χ2v) is 5.90. The number of para-hydroxylation sites is 2. The number of aromatic nitrogens is 2. The zero-order chi connectivity index (χ0) is 13.9. The predicted octanol–water partition coefficient (Wildman–Crippen LogP) is 3.59. The molecule has 0 bridgehead atoms. The van der Waals surface area contributed by atoms with Crippen molar-refractivity contribution in [1.82, 2.24) is 9.97 Å². The van der Waals surface area contributed by atoms with Crippen molar-refractivity contribution in [3.8, 4) is 0 Å². The first-order valence-electron chi connectivity index (χ1n) is 7.51. The summed E-state index contributed by atoms with van der Waals surface area (Å²) < 4.78 is 0. The molecule has 1 aliphatic rings. The van der Waals surface area contributed by atoms with Crippen molar-refractivity contribution in [1.29, 1.82) is 0 Å². The van der Waals surface area contributed by atoms with Crippen LogP contribution in [0.4, 0.5) is 11.6 Å². The Balaban J connectivity index is 1.81. The molecule has 1 aromatic carbocycles. The average Bonchev–Trinajstić information content (AvgIpc) is 2.65. The van der Waals surface area contributed by atoms with Crippen molar-refractivity contribution >= 4 is 22.7 Å². The number of nitrogens with one attached hydrogen (secondary N) is 1. The molecule has 1 fully saturated rings. The first-order valence-corrected chi connectivity index (χ1v) is 7.51. The van der Waals surface area contributed by atoms with Crippen molar-refractivity contribution in [3.05, 3.63) is 24.3 Å². The number of hydrogen-bond donors (Lipinski definition) is 2. The van der Waals surface area contributed by atoms with Gasteiger partial charge in [0.2, 0.25) is 0 Å². The fourth-order valence-electron chi connectivity index (χ4n) is 2.94. The Bertz CT molecular complexity index is 596. The van der Waals surface area contributed by atoms with Crippen LogP contribution >= 0.6 is 0 Å². The third kappa shape index (κ3) is 2.84. The summed E-state index contributed by atoms with van der Waals surface area (Å²) in [5, 5.41) is 3.50. The highest BCUT2D eigenvalue weighted by atomic mass is 15.1. The summed E-state index contributed by atoms with van der Waals surface area (Å²) in [5.74, 6) is 2.08. The molecule has 4 heteroatoms. The molecule has 106 valence electrons. The monoisotopic (exact) mass is 270 g/mol. The molecule has 0 amide bonds. The van der Waals surface area contributed by atoms with E-state index in [2.05, 4.69) is 22.2 Å². The predicted molar refractivity (Wildman–Crippen MR) is 83.6 cm³/mol. The first kappa shape index (κ1) is 13.2. The van der Waals surface area contributed by atoms with E-state index in [0.717, 1.165) is 22.8 Å². The Morgan fingerprint density at radius 3 is 2.60 bits per heavy atom. The standard InChI is InChI=1S/C16H22N4/c1-11-5-4-6-12(10-9-11)18-16-15(17)19-13-7-2-3-8-14(13)20-16/h2-3,7-8,11-12H,4-6,9-10H2,1H3,(H2,17,19)(H,18,20). The third-order valence-corrected chi connectivity index (χ3v) is 4.20. The van der Waals surface area contributed by atoms with Crippen LogP contribution < -0.4 is 11.1 Å². The van der Waals surface area contributed by atoms with Gasteiger partial charge in [0, 0.05) is 6.04 Å². The summed E-state index contributed by atoms with van der Waals surface area (Å²) in [6.07, 6.45) is 6.27. The Kier molecular flexibility index (Phi) is 3.72. The van der Waals surface area contributed by atoms with Crippen LogP contribution in [0.1, 0.15) is 39.0 Å². The molecule has 0 spiro atoms. The van der Waals surface area contributed by atoms with Crippen LogP contribution in [-0.4, -0.2) is 16.0 Å². The Labute approximate surface area is 119 Å². The van der Waals surface area contributed by atoms with Gasteiger partial charge in [-0.1, -0.05) is 31.9 Å². The summed E-state index contributed by atoms with van der Waals surface area (Å²) in [5.41, 5.74) is 7.78. The fourth-order valence-corrected chi connectivity index (χ4v) is 2.94. The third-order valence-electron chi connectivity index (χ3n) is 4.20. The SMILES string of the molecule is CC1CCCC(Nc2nc3ccccc3nc2N)CC1. The lowest BCUT2D eigenvalue weighted by atomic mass is 10.0. The molecule has 0 aliphatic heterocycles. The smallest absolute Gasteiger partial charge is 0.169 e. The first-order chi connectivity index (χ1) is 9.72. The van der Waals surface area contributed by atoms with Crippen LogP contribution in [0, 0.1) is 5.92 Å². The van der Waals surface area contributed by atoms with Gasteiger partial charge in [-0.25, -0.2) is 9.97 Å². The van der Waals surface area contributed by atoms with E-state index in [9.17, 15) is 0 Å². The maximum Gasteiger partial charge on any atom is 0.169 e. The van der Waals surface area contributed by atoms with E-state index < -0.39 is 0 Å². The van der Waals surface area contributed by atoms with Crippen molar-refractivity contribution < 1.29 is 0 Å². The molecule has 1 saturated carbocycles. The number of hydrogen-bond acceptors (Lipinski definition) is 4. The van der Waals surface area contributed by atoms with Crippen LogP contribution in [0.5, 0.6) is 0 Å². The van der Waals surface area contributed by atoms with Crippen LogP contribution in [-0.2, 0) is 0 Å². The van der Waals surface area contributed by atoms with E-state index in [-0.39, 0.29) is 0 Å². The maximum absolute atomic E-state index is 6.03. The highest BCUT2D eigenvalue weighted by Crippen LogP contribution is 2.26. The maximum atomic E-state index is 6.03. The quantitative estimate of drug-likeness (QED) is 0.818. The van der Waals surface area contributed by atoms with E-state index in [0.29, 0.717) is 11.9 Å². The zero-order valence-corrected chi connectivity index (χ0v) is 12.0. The lowest BCUT2D eigenvalue weighted by Crippen LogP contribution is -2.20. The minimum absolute atomic E-state index is 0.470. The average molecular weight is 270 g/mol. The van der Waals surface area contributed by atoms with Gasteiger partial charge in [0.1, 0.15) is 0 Å². The number of rotatable bonds is 2. The molecule has 1 aliphatic carbocycles. The molecule has 4 nitrogen and oxygen atoms in total. The number of nitrogens with zero attached hydrogens (tertiary/aromatic N) is 2. The lowest BCUT2D eigenvalue weighted by molar-refractivity contribution is 0.502. The molecule has 2 atom stereocenters. The molecule has 3 N–H and O–H groups in total. The summed E-state index contributed by atoms with van der Waals surface area (Å²) in [6, 6.07) is 8.32. The number of benzene rings is 1. The van der Waals surface area contributed by atoms with Gasteiger partial charge in [-0.3, -0.25) is 0 Å². The number of anilines is 2. The second-order valence-electron chi connectivity index (χ2n) is 5.90. The largest absolute Gasteiger partial charge is 0.381 e. The van der Waals surface area contributed by atoms with Crippen LogP contribution in [0.2, 0.25) is 0 Å². The van der Waals surface area contributed by atoms with Gasteiger partial charge >= 0.3 is 0 Å². The highest BCUT2D eigenvalue weighted by Gasteiger charge is 2.17. The Morgan fingerprint density at radius 1 is 1.05 bits per heavy atom. The Hall–Kier alpha value is -1.84. The molecule has 20 heavy (non-hydrogen) atoms. The molecule has 2 aromatic rings. The highest BCUT2D eigenvalue weighted by molar-refractivity contribution is 5.79. The van der Waals surface area contributed by atoms with Crippen LogP contribution in [0.3, 0.4) is 0 Å². The van der Waals surface area contributed by atoms with Gasteiger partial charge in [-0.2, -0.15) is 0 Å². The van der Waals surface area contributed by atoms with E-state index in [1.54, 1.807) is 0 Å². The molecular formula is C16H22N4. The lowest BCUT2D eigenvalue weighted by Gasteiger charge is -2.18. The van der Waals surface area contributed by atoms with E-state index in [1.165, 1.54) is 32.1 Å². The molecule has 3 rings (SSSR count).